The van der Waals surface area contributed by atoms with E-state index in [0.717, 1.165) is 24.1 Å². The van der Waals surface area contributed by atoms with Crippen molar-refractivity contribution in [3.8, 4) is 22.8 Å². The number of carbonyl (C=O) groups excluding carboxylic acids is 1. The number of nitro groups is 1. The topological polar surface area (TPSA) is 104 Å². The Morgan fingerprint density at radius 2 is 1.97 bits per heavy atom. The van der Waals surface area contributed by atoms with Gasteiger partial charge in [-0.25, -0.2) is 4.98 Å². The highest BCUT2D eigenvalue weighted by molar-refractivity contribution is 7.14. The van der Waals surface area contributed by atoms with Gasteiger partial charge in [0.05, 0.1) is 30.4 Å². The molecule has 32 heavy (non-hydrogen) atoms. The number of fused-ring (bicyclic) bond motifs is 1. The van der Waals surface area contributed by atoms with Gasteiger partial charge in [0.1, 0.15) is 5.56 Å². The number of benzene rings is 2. The third-order valence-electron chi connectivity index (χ3n) is 5.39. The highest BCUT2D eigenvalue weighted by Crippen LogP contribution is 2.36. The van der Waals surface area contributed by atoms with Gasteiger partial charge in [-0.05, 0) is 49.8 Å². The zero-order valence-electron chi connectivity index (χ0n) is 17.8. The van der Waals surface area contributed by atoms with Gasteiger partial charge in [0.2, 0.25) is 0 Å². The maximum Gasteiger partial charge on any atom is 0.286 e. The number of aromatic nitrogens is 1. The number of ether oxygens (including phenoxy) is 2. The van der Waals surface area contributed by atoms with Crippen molar-refractivity contribution in [2.24, 2.45) is 0 Å². The van der Waals surface area contributed by atoms with Gasteiger partial charge < -0.3 is 9.47 Å². The van der Waals surface area contributed by atoms with Gasteiger partial charge in [-0.15, -0.1) is 11.3 Å². The van der Waals surface area contributed by atoms with Gasteiger partial charge in [-0.3, -0.25) is 20.2 Å². The number of amides is 1. The molecule has 0 aliphatic heterocycles. The molecule has 9 heteroatoms. The van der Waals surface area contributed by atoms with Crippen LogP contribution in [0.2, 0.25) is 0 Å². The number of aryl methyl sites for hydroxylation is 2. The zero-order chi connectivity index (χ0) is 22.7. The number of hydrogen-bond donors (Lipinski definition) is 1. The summed E-state index contributed by atoms with van der Waals surface area (Å²) >= 11 is 1.27. The number of hydrogen-bond acceptors (Lipinski definition) is 7. The second-order valence-corrected chi connectivity index (χ2v) is 8.25. The van der Waals surface area contributed by atoms with Crippen LogP contribution in [0.3, 0.4) is 0 Å². The Morgan fingerprint density at radius 1 is 1.19 bits per heavy atom. The summed E-state index contributed by atoms with van der Waals surface area (Å²) < 4.78 is 10.6. The van der Waals surface area contributed by atoms with Crippen molar-refractivity contribution in [3.63, 3.8) is 0 Å². The van der Waals surface area contributed by atoms with E-state index in [0.29, 0.717) is 11.7 Å². The Morgan fingerprint density at radius 3 is 2.69 bits per heavy atom. The normalized spacial score (nSPS) is 12.7. The van der Waals surface area contributed by atoms with Crippen LogP contribution in [0, 0.1) is 10.1 Å². The van der Waals surface area contributed by atoms with Crippen LogP contribution < -0.4 is 14.8 Å². The Bertz CT molecular complexity index is 1170. The minimum atomic E-state index is -0.635. The van der Waals surface area contributed by atoms with Gasteiger partial charge >= 0.3 is 0 Å². The monoisotopic (exact) mass is 453 g/mol. The van der Waals surface area contributed by atoms with E-state index in [1.807, 2.05) is 11.4 Å². The molecule has 1 aliphatic carbocycles. The Labute approximate surface area is 189 Å². The molecule has 1 amide bonds. The van der Waals surface area contributed by atoms with Crippen molar-refractivity contribution in [1.82, 2.24) is 4.98 Å². The summed E-state index contributed by atoms with van der Waals surface area (Å²) in [4.78, 5) is 28.3. The minimum Gasteiger partial charge on any atom is -0.493 e. The van der Waals surface area contributed by atoms with Crippen LogP contribution in [0.4, 0.5) is 10.8 Å². The number of methoxy groups -OCH3 is 1. The summed E-state index contributed by atoms with van der Waals surface area (Å²) in [6.45, 7) is 2.07. The van der Waals surface area contributed by atoms with Crippen molar-refractivity contribution in [1.29, 1.82) is 0 Å². The average Bonchev–Trinajstić information content (AvgIpc) is 3.27. The lowest BCUT2D eigenvalue weighted by Gasteiger charge is -2.16. The highest BCUT2D eigenvalue weighted by Gasteiger charge is 2.25. The predicted molar refractivity (Wildman–Crippen MR) is 123 cm³/mol. The summed E-state index contributed by atoms with van der Waals surface area (Å²) in [6.07, 6.45) is 4.60. The first-order valence-electron chi connectivity index (χ1n) is 10.4. The number of nitrogens with one attached hydrogen (secondary N) is 1. The minimum absolute atomic E-state index is 0.124. The van der Waals surface area contributed by atoms with Crippen LogP contribution in [0.15, 0.2) is 35.7 Å². The third kappa shape index (κ3) is 4.43. The van der Waals surface area contributed by atoms with Crippen LogP contribution in [0.1, 0.15) is 41.3 Å². The van der Waals surface area contributed by atoms with Crippen molar-refractivity contribution in [2.75, 3.05) is 19.0 Å². The average molecular weight is 454 g/mol. The maximum absolute atomic E-state index is 12.9. The Kier molecular flexibility index (Phi) is 6.36. The predicted octanol–water partition coefficient (Wildman–Crippen LogP) is 5.26. The van der Waals surface area contributed by atoms with Crippen molar-refractivity contribution >= 4 is 28.1 Å². The molecule has 1 aliphatic rings. The molecule has 0 saturated carbocycles. The third-order valence-corrected chi connectivity index (χ3v) is 6.15. The summed E-state index contributed by atoms with van der Waals surface area (Å²) in [7, 11) is 1.41. The summed E-state index contributed by atoms with van der Waals surface area (Å²) in [5, 5.41) is 16.5. The molecule has 0 bridgehead atoms. The van der Waals surface area contributed by atoms with Gasteiger partial charge in [-0.1, -0.05) is 12.1 Å². The van der Waals surface area contributed by atoms with Crippen LogP contribution in [-0.4, -0.2) is 29.5 Å². The summed E-state index contributed by atoms with van der Waals surface area (Å²) in [6, 6.07) is 8.88. The number of rotatable bonds is 7. The molecule has 1 aromatic heterocycles. The first-order valence-corrected chi connectivity index (χ1v) is 11.3. The fourth-order valence-corrected chi connectivity index (χ4v) is 4.55. The second kappa shape index (κ2) is 9.35. The molecule has 4 rings (SSSR count). The van der Waals surface area contributed by atoms with E-state index in [9.17, 15) is 14.9 Å². The van der Waals surface area contributed by atoms with E-state index >= 15 is 0 Å². The first-order chi connectivity index (χ1) is 15.5. The van der Waals surface area contributed by atoms with Crippen LogP contribution in [0.5, 0.6) is 11.5 Å². The number of nitro benzene ring substituents is 1. The molecule has 8 nitrogen and oxygen atoms in total. The van der Waals surface area contributed by atoms with Gasteiger partial charge in [0.25, 0.3) is 11.6 Å². The van der Waals surface area contributed by atoms with Crippen molar-refractivity contribution < 1.29 is 19.2 Å². The second-order valence-electron chi connectivity index (χ2n) is 7.39. The lowest BCUT2D eigenvalue weighted by molar-refractivity contribution is -0.385. The SMILES string of the molecule is CCOc1cc([N+](=O)[O-])c(C(=O)Nc2nc(-c3ccc4c(c3)CCCC4)cs2)cc1OC. The molecule has 1 heterocycles. The number of thiazole rings is 1. The van der Waals surface area contributed by atoms with E-state index in [1.54, 1.807) is 6.92 Å². The zero-order valence-corrected chi connectivity index (χ0v) is 18.7. The quantitative estimate of drug-likeness (QED) is 0.387. The molecule has 1 N–H and O–H groups in total. The Balaban J connectivity index is 1.59. The maximum atomic E-state index is 12.9. The Hall–Kier alpha value is -3.46. The molecule has 0 saturated heterocycles. The fourth-order valence-electron chi connectivity index (χ4n) is 3.83. The van der Waals surface area contributed by atoms with Gasteiger partial charge in [0.15, 0.2) is 16.6 Å². The molecular formula is C23H23N3O5S. The molecular weight excluding hydrogens is 430 g/mol. The van der Waals surface area contributed by atoms with Gasteiger partial charge in [-0.2, -0.15) is 0 Å². The number of nitrogens with zero attached hydrogens (tertiary/aromatic N) is 2. The van der Waals surface area contributed by atoms with Crippen LogP contribution in [-0.2, 0) is 12.8 Å². The molecule has 0 spiro atoms. The van der Waals surface area contributed by atoms with E-state index in [4.69, 9.17) is 9.47 Å². The fraction of sp³-hybridized carbons (Fsp3) is 0.304. The lowest BCUT2D eigenvalue weighted by atomic mass is 9.90. The molecule has 166 valence electrons. The lowest BCUT2D eigenvalue weighted by Crippen LogP contribution is -2.14. The smallest absolute Gasteiger partial charge is 0.286 e. The van der Waals surface area contributed by atoms with Gasteiger partial charge in [0, 0.05) is 17.0 Å². The summed E-state index contributed by atoms with van der Waals surface area (Å²) in [5.41, 5.74) is 4.01. The molecule has 0 unspecified atom stereocenters. The van der Waals surface area contributed by atoms with Crippen LogP contribution in [0.25, 0.3) is 11.3 Å². The summed E-state index contributed by atoms with van der Waals surface area (Å²) in [5.74, 6) is -0.178. The van der Waals surface area contributed by atoms with Crippen molar-refractivity contribution in [2.45, 2.75) is 32.6 Å². The van der Waals surface area contributed by atoms with E-state index in [2.05, 4.69) is 22.4 Å². The molecule has 0 fully saturated rings. The van der Waals surface area contributed by atoms with Crippen molar-refractivity contribution in [3.05, 3.63) is 62.5 Å². The first kappa shape index (κ1) is 21.8. The standard InChI is InChI=1S/C23H23N3O5S/c1-3-31-21-12-19(26(28)29)17(11-20(21)30-2)22(27)25-23-24-18(13-32-23)16-9-8-14-6-4-5-7-15(14)10-16/h8-13H,3-7H2,1-2H3,(H,24,25,27). The van der Waals surface area contributed by atoms with Crippen LogP contribution >= 0.6 is 11.3 Å². The van der Waals surface area contributed by atoms with E-state index in [-0.39, 0.29) is 22.7 Å². The molecule has 2 aromatic carbocycles. The molecule has 0 atom stereocenters. The molecule has 3 aromatic rings. The molecule has 0 radical (unpaired) electrons. The van der Waals surface area contributed by atoms with E-state index < -0.39 is 10.8 Å². The van der Waals surface area contributed by atoms with E-state index in [1.165, 1.54) is 54.5 Å². The largest absolute Gasteiger partial charge is 0.493 e. The highest BCUT2D eigenvalue weighted by atomic mass is 32.1. The number of anilines is 1. The number of carbonyl (C=O) groups is 1.